The summed E-state index contributed by atoms with van der Waals surface area (Å²) in [5, 5.41) is 1.02. The van der Waals surface area contributed by atoms with Gasteiger partial charge in [-0.2, -0.15) is 0 Å². The minimum absolute atomic E-state index is 0.275. The normalized spacial score (nSPS) is 24.7. The van der Waals surface area contributed by atoms with Crippen LogP contribution in [0.3, 0.4) is 0 Å². The summed E-state index contributed by atoms with van der Waals surface area (Å²) in [7, 11) is 1.63. The lowest BCUT2D eigenvalue weighted by molar-refractivity contribution is 0.0549. The maximum Gasteiger partial charge on any atom is 0.336 e. The zero-order valence-electron chi connectivity index (χ0n) is 14.3. The van der Waals surface area contributed by atoms with E-state index in [0.717, 1.165) is 30.0 Å². The topological polar surface area (TPSA) is 42.7 Å². The second-order valence-electron chi connectivity index (χ2n) is 7.18. The average molecular weight is 327 g/mol. The molecule has 2 aromatic rings. The number of hydrogen-bond acceptors (Lipinski definition) is 4. The molecule has 1 aromatic heterocycles. The summed E-state index contributed by atoms with van der Waals surface area (Å²) in [4.78, 5) is 14.6. The first kappa shape index (κ1) is 15.7. The highest BCUT2D eigenvalue weighted by atomic mass is 16.5. The first-order valence-corrected chi connectivity index (χ1v) is 9.09. The molecule has 2 heterocycles. The fourth-order valence-corrected chi connectivity index (χ4v) is 4.61. The molecule has 1 aliphatic heterocycles. The van der Waals surface area contributed by atoms with Crippen LogP contribution in [0.1, 0.15) is 44.1 Å². The molecule has 128 valence electrons. The van der Waals surface area contributed by atoms with Crippen molar-refractivity contribution < 1.29 is 9.15 Å². The van der Waals surface area contributed by atoms with Crippen LogP contribution in [-0.2, 0) is 6.54 Å². The number of piperidine rings is 1. The van der Waals surface area contributed by atoms with Crippen LogP contribution in [0, 0.1) is 5.92 Å². The van der Waals surface area contributed by atoms with Crippen molar-refractivity contribution in [2.75, 3.05) is 13.7 Å². The third kappa shape index (κ3) is 2.95. The number of hydrogen-bond donors (Lipinski definition) is 0. The highest BCUT2D eigenvalue weighted by Crippen LogP contribution is 2.36. The molecule has 24 heavy (non-hydrogen) atoms. The zero-order valence-corrected chi connectivity index (χ0v) is 14.3. The Labute approximate surface area is 142 Å². The van der Waals surface area contributed by atoms with E-state index < -0.39 is 0 Å². The lowest BCUT2D eigenvalue weighted by Gasteiger charge is -2.44. The number of rotatable bonds is 3. The number of benzene rings is 1. The molecule has 0 bridgehead atoms. The monoisotopic (exact) mass is 327 g/mol. The standard InChI is InChI=1S/C20H25NO3/c1-23-16-8-9-17-15(11-20(22)24-19(17)12-16)13-21-10-4-6-14-5-2-3-7-18(14)21/h8-9,11-12,14,18H,2-7,10,13H2,1H3/t14-,18+/m1/s1. The molecule has 4 nitrogen and oxygen atoms in total. The van der Waals surface area contributed by atoms with E-state index in [9.17, 15) is 4.79 Å². The predicted octanol–water partition coefficient (Wildman–Crippen LogP) is 3.96. The molecule has 4 heteroatoms. The van der Waals surface area contributed by atoms with Gasteiger partial charge in [0.2, 0.25) is 0 Å². The Hall–Kier alpha value is -1.81. The highest BCUT2D eigenvalue weighted by molar-refractivity contribution is 5.81. The molecule has 0 unspecified atom stereocenters. The molecule has 1 saturated carbocycles. The molecule has 0 N–H and O–H groups in total. The molecule has 2 aliphatic rings. The van der Waals surface area contributed by atoms with E-state index in [1.807, 2.05) is 12.1 Å². The Kier molecular flexibility index (Phi) is 4.31. The molecule has 2 atom stereocenters. The lowest BCUT2D eigenvalue weighted by Crippen LogP contribution is -2.46. The van der Waals surface area contributed by atoms with Crippen LogP contribution in [0.4, 0.5) is 0 Å². The molecule has 0 radical (unpaired) electrons. The van der Waals surface area contributed by atoms with Gasteiger partial charge in [-0.1, -0.05) is 12.8 Å². The van der Waals surface area contributed by atoms with Gasteiger partial charge in [-0.15, -0.1) is 0 Å². The van der Waals surface area contributed by atoms with Crippen molar-refractivity contribution in [2.24, 2.45) is 5.92 Å². The summed E-state index contributed by atoms with van der Waals surface area (Å²) in [5.41, 5.74) is 1.42. The van der Waals surface area contributed by atoms with Crippen molar-refractivity contribution in [3.63, 3.8) is 0 Å². The van der Waals surface area contributed by atoms with E-state index in [2.05, 4.69) is 4.90 Å². The Balaban J connectivity index is 1.67. The van der Waals surface area contributed by atoms with Crippen LogP contribution in [0.2, 0.25) is 0 Å². The van der Waals surface area contributed by atoms with Gasteiger partial charge in [0.15, 0.2) is 0 Å². The van der Waals surface area contributed by atoms with E-state index in [1.54, 1.807) is 19.2 Å². The van der Waals surface area contributed by atoms with Crippen LogP contribution in [0.5, 0.6) is 5.75 Å². The van der Waals surface area contributed by atoms with Gasteiger partial charge < -0.3 is 9.15 Å². The Bertz CT molecular complexity index is 780. The number of nitrogens with zero attached hydrogens (tertiary/aromatic N) is 1. The van der Waals surface area contributed by atoms with Crippen LogP contribution >= 0.6 is 0 Å². The van der Waals surface area contributed by atoms with E-state index in [0.29, 0.717) is 17.4 Å². The minimum Gasteiger partial charge on any atom is -0.497 e. The largest absolute Gasteiger partial charge is 0.497 e. The summed E-state index contributed by atoms with van der Waals surface area (Å²) >= 11 is 0. The third-order valence-electron chi connectivity index (χ3n) is 5.77. The lowest BCUT2D eigenvalue weighted by atomic mass is 9.78. The Morgan fingerprint density at radius 2 is 2.00 bits per heavy atom. The summed E-state index contributed by atoms with van der Waals surface area (Å²) in [6, 6.07) is 8.11. The molecule has 4 rings (SSSR count). The second-order valence-corrected chi connectivity index (χ2v) is 7.18. The van der Waals surface area contributed by atoms with Gasteiger partial charge in [0, 0.05) is 30.1 Å². The van der Waals surface area contributed by atoms with Gasteiger partial charge >= 0.3 is 5.63 Å². The second kappa shape index (κ2) is 6.60. The first-order chi connectivity index (χ1) is 11.7. The van der Waals surface area contributed by atoms with Crippen molar-refractivity contribution >= 4 is 11.0 Å². The fourth-order valence-electron chi connectivity index (χ4n) is 4.61. The molecule has 1 aromatic carbocycles. The summed E-state index contributed by atoms with van der Waals surface area (Å²) in [6.07, 6.45) is 8.04. The van der Waals surface area contributed by atoms with Crippen LogP contribution < -0.4 is 10.4 Å². The summed E-state index contributed by atoms with van der Waals surface area (Å²) in [6.45, 7) is 1.98. The molecule has 0 amide bonds. The van der Waals surface area contributed by atoms with Crippen molar-refractivity contribution in [1.82, 2.24) is 4.90 Å². The molecular formula is C20H25NO3. The molecule has 1 saturated heterocycles. The Morgan fingerprint density at radius 3 is 2.88 bits per heavy atom. The number of likely N-dealkylation sites (tertiary alicyclic amines) is 1. The quantitative estimate of drug-likeness (QED) is 0.801. The maximum atomic E-state index is 12.0. The zero-order chi connectivity index (χ0) is 16.5. The predicted molar refractivity (Wildman–Crippen MR) is 94.4 cm³/mol. The van der Waals surface area contributed by atoms with Gasteiger partial charge in [0.05, 0.1) is 7.11 Å². The fraction of sp³-hybridized carbons (Fsp3) is 0.550. The van der Waals surface area contributed by atoms with E-state index >= 15 is 0 Å². The van der Waals surface area contributed by atoms with Crippen molar-refractivity contribution in [2.45, 2.75) is 51.1 Å². The molecule has 2 fully saturated rings. The van der Waals surface area contributed by atoms with Gasteiger partial charge in [0.1, 0.15) is 11.3 Å². The van der Waals surface area contributed by atoms with Gasteiger partial charge in [-0.3, -0.25) is 4.90 Å². The number of fused-ring (bicyclic) bond motifs is 2. The van der Waals surface area contributed by atoms with E-state index in [4.69, 9.17) is 9.15 Å². The van der Waals surface area contributed by atoms with Crippen molar-refractivity contribution in [1.29, 1.82) is 0 Å². The number of methoxy groups -OCH3 is 1. The average Bonchev–Trinajstić information content (AvgIpc) is 2.61. The Morgan fingerprint density at radius 1 is 1.17 bits per heavy atom. The number of ether oxygens (including phenoxy) is 1. The smallest absolute Gasteiger partial charge is 0.336 e. The van der Waals surface area contributed by atoms with Gasteiger partial charge in [-0.25, -0.2) is 4.79 Å². The van der Waals surface area contributed by atoms with E-state index in [-0.39, 0.29) is 5.63 Å². The van der Waals surface area contributed by atoms with Crippen LogP contribution in [0.25, 0.3) is 11.0 Å². The van der Waals surface area contributed by atoms with Gasteiger partial charge in [-0.05, 0) is 55.8 Å². The van der Waals surface area contributed by atoms with Crippen LogP contribution in [-0.4, -0.2) is 24.6 Å². The first-order valence-electron chi connectivity index (χ1n) is 9.09. The van der Waals surface area contributed by atoms with E-state index in [1.165, 1.54) is 38.5 Å². The minimum atomic E-state index is -0.275. The van der Waals surface area contributed by atoms with Gasteiger partial charge in [0.25, 0.3) is 0 Å². The highest BCUT2D eigenvalue weighted by Gasteiger charge is 2.33. The summed E-state index contributed by atoms with van der Waals surface area (Å²) < 4.78 is 10.6. The van der Waals surface area contributed by atoms with Crippen molar-refractivity contribution in [3.05, 3.63) is 40.2 Å². The maximum absolute atomic E-state index is 12.0. The molecule has 0 spiro atoms. The summed E-state index contributed by atoms with van der Waals surface area (Å²) in [5.74, 6) is 1.56. The molecule has 1 aliphatic carbocycles. The van der Waals surface area contributed by atoms with Crippen molar-refractivity contribution in [3.8, 4) is 5.75 Å². The van der Waals surface area contributed by atoms with Crippen LogP contribution in [0.15, 0.2) is 33.5 Å². The SMILES string of the molecule is COc1ccc2c(CN3CCC[C@H]4CCCC[C@@H]43)cc(=O)oc2c1. The molecular weight excluding hydrogens is 302 g/mol. The third-order valence-corrected chi connectivity index (χ3v) is 5.77.